The Kier molecular flexibility index (Phi) is 3.93. The molecule has 1 fully saturated rings. The van der Waals surface area contributed by atoms with Crippen molar-refractivity contribution in [1.82, 2.24) is 9.55 Å². The summed E-state index contributed by atoms with van der Waals surface area (Å²) in [7, 11) is 1.76. The van der Waals surface area contributed by atoms with Crippen LogP contribution in [0.3, 0.4) is 0 Å². The van der Waals surface area contributed by atoms with Crippen LogP contribution in [0.1, 0.15) is 25.1 Å². The van der Waals surface area contributed by atoms with Gasteiger partial charge >= 0.3 is 0 Å². The Morgan fingerprint density at radius 3 is 2.85 bits per heavy atom. The van der Waals surface area contributed by atoms with Crippen LogP contribution in [0.2, 0.25) is 5.02 Å². The van der Waals surface area contributed by atoms with Crippen LogP contribution in [0.4, 0.5) is 0 Å². The van der Waals surface area contributed by atoms with Gasteiger partial charge in [-0.2, -0.15) is 0 Å². The number of ether oxygens (including phenoxy) is 1. The van der Waals surface area contributed by atoms with Crippen molar-refractivity contribution >= 4 is 34.2 Å². The summed E-state index contributed by atoms with van der Waals surface area (Å²) in [5.41, 5.74) is 2.29. The van der Waals surface area contributed by atoms with Crippen LogP contribution in [-0.4, -0.2) is 23.3 Å². The first-order chi connectivity index (χ1) is 9.69. The maximum atomic E-state index is 6.23. The van der Waals surface area contributed by atoms with Crippen molar-refractivity contribution in [2.75, 3.05) is 13.7 Å². The second-order valence-electron chi connectivity index (χ2n) is 5.60. The third-order valence-corrected chi connectivity index (χ3v) is 4.76. The summed E-state index contributed by atoms with van der Waals surface area (Å²) in [6, 6.07) is 5.91. The number of rotatable bonds is 6. The Bertz CT molecular complexity index is 620. The normalized spacial score (nSPS) is 16.8. The second-order valence-corrected chi connectivity index (χ2v) is 6.27. The van der Waals surface area contributed by atoms with Gasteiger partial charge in [0.1, 0.15) is 11.3 Å². The molecule has 1 saturated carbocycles. The van der Waals surface area contributed by atoms with Gasteiger partial charge in [0.05, 0.1) is 16.4 Å². The van der Waals surface area contributed by atoms with Crippen molar-refractivity contribution in [3.8, 4) is 0 Å². The summed E-state index contributed by atoms with van der Waals surface area (Å²) >= 11 is 12.3. The Labute approximate surface area is 128 Å². The third-order valence-electron chi connectivity index (χ3n) is 4.22. The molecular formula is C15H18Cl2N2O. The molecule has 1 heterocycles. The molecule has 0 amide bonds. The van der Waals surface area contributed by atoms with E-state index in [1.807, 2.05) is 12.1 Å². The van der Waals surface area contributed by atoms with E-state index in [9.17, 15) is 0 Å². The number of nitrogens with zero attached hydrogens (tertiary/aromatic N) is 2. The molecule has 0 aliphatic heterocycles. The average molecular weight is 313 g/mol. The molecule has 0 radical (unpaired) electrons. The molecule has 0 spiro atoms. The molecule has 3 nitrogen and oxygen atoms in total. The van der Waals surface area contributed by atoms with Gasteiger partial charge in [0.15, 0.2) is 0 Å². The highest BCUT2D eigenvalue weighted by Gasteiger charge is 2.43. The van der Waals surface area contributed by atoms with E-state index in [0.29, 0.717) is 16.3 Å². The first kappa shape index (κ1) is 14.2. The van der Waals surface area contributed by atoms with E-state index in [-0.39, 0.29) is 0 Å². The zero-order valence-corrected chi connectivity index (χ0v) is 13.0. The molecule has 1 aliphatic rings. The number of fused-ring (bicyclic) bond motifs is 1. The van der Waals surface area contributed by atoms with Crippen LogP contribution >= 0.6 is 23.2 Å². The highest BCUT2D eigenvalue weighted by atomic mass is 35.5. The van der Waals surface area contributed by atoms with Crippen LogP contribution in [0.25, 0.3) is 11.0 Å². The molecule has 20 heavy (non-hydrogen) atoms. The fourth-order valence-corrected chi connectivity index (χ4v) is 3.17. The zero-order valence-electron chi connectivity index (χ0n) is 11.5. The standard InChI is InChI=1S/C15H18Cl2N2O/c1-20-8-7-15(5-6-15)10-19-12-4-2-3-11(17)14(12)18-13(19)9-16/h2-4H,5-10H2,1H3. The molecule has 0 atom stereocenters. The quantitative estimate of drug-likeness (QED) is 0.746. The van der Waals surface area contributed by atoms with Crippen molar-refractivity contribution in [1.29, 1.82) is 0 Å². The maximum Gasteiger partial charge on any atom is 0.124 e. The van der Waals surface area contributed by atoms with Gasteiger partial charge < -0.3 is 9.30 Å². The molecule has 1 aromatic heterocycles. The van der Waals surface area contributed by atoms with Gasteiger partial charge in [-0.05, 0) is 36.8 Å². The number of imidazole rings is 1. The van der Waals surface area contributed by atoms with Gasteiger partial charge in [-0.1, -0.05) is 17.7 Å². The third kappa shape index (κ3) is 2.54. The lowest BCUT2D eigenvalue weighted by Crippen LogP contribution is -2.15. The van der Waals surface area contributed by atoms with Crippen LogP contribution in [0.5, 0.6) is 0 Å². The lowest BCUT2D eigenvalue weighted by atomic mass is 10.0. The van der Waals surface area contributed by atoms with Gasteiger partial charge in [-0.15, -0.1) is 11.6 Å². The zero-order chi connectivity index (χ0) is 14.2. The molecule has 0 N–H and O–H groups in total. The fraction of sp³-hybridized carbons (Fsp3) is 0.533. The molecular weight excluding hydrogens is 295 g/mol. The van der Waals surface area contributed by atoms with Crippen molar-refractivity contribution < 1.29 is 4.74 Å². The molecule has 0 unspecified atom stereocenters. The number of aromatic nitrogens is 2. The lowest BCUT2D eigenvalue weighted by molar-refractivity contribution is 0.167. The Hall–Kier alpha value is -0.770. The van der Waals surface area contributed by atoms with Crippen molar-refractivity contribution in [3.05, 3.63) is 29.0 Å². The summed E-state index contributed by atoms with van der Waals surface area (Å²) in [6.45, 7) is 1.76. The lowest BCUT2D eigenvalue weighted by Gasteiger charge is -2.17. The number of methoxy groups -OCH3 is 1. The minimum Gasteiger partial charge on any atom is -0.385 e. The number of alkyl halides is 1. The van der Waals surface area contributed by atoms with Crippen molar-refractivity contribution in [2.24, 2.45) is 5.41 Å². The monoisotopic (exact) mass is 312 g/mol. The number of halogens is 2. The van der Waals surface area contributed by atoms with E-state index in [0.717, 1.165) is 36.4 Å². The minimum atomic E-state index is 0.354. The highest BCUT2D eigenvalue weighted by molar-refractivity contribution is 6.35. The maximum absolute atomic E-state index is 6.23. The van der Waals surface area contributed by atoms with Crippen molar-refractivity contribution in [3.63, 3.8) is 0 Å². The van der Waals surface area contributed by atoms with E-state index in [4.69, 9.17) is 27.9 Å². The second kappa shape index (κ2) is 5.55. The summed E-state index contributed by atoms with van der Waals surface area (Å²) in [4.78, 5) is 4.59. The molecule has 0 saturated heterocycles. The van der Waals surface area contributed by atoms with Crippen LogP contribution in [-0.2, 0) is 17.2 Å². The van der Waals surface area contributed by atoms with Crippen molar-refractivity contribution in [2.45, 2.75) is 31.7 Å². The Balaban J connectivity index is 1.96. The average Bonchev–Trinajstić information content (AvgIpc) is 3.13. The summed E-state index contributed by atoms with van der Waals surface area (Å²) in [5.74, 6) is 1.31. The summed E-state index contributed by atoms with van der Waals surface area (Å²) in [5, 5.41) is 0.689. The Morgan fingerprint density at radius 1 is 1.40 bits per heavy atom. The molecule has 1 aromatic carbocycles. The predicted octanol–water partition coefficient (Wildman–Crippen LogP) is 4.25. The van der Waals surface area contributed by atoms with Gasteiger partial charge in [0.2, 0.25) is 0 Å². The Morgan fingerprint density at radius 2 is 2.20 bits per heavy atom. The minimum absolute atomic E-state index is 0.354. The predicted molar refractivity (Wildman–Crippen MR) is 82.5 cm³/mol. The van der Waals surface area contributed by atoms with Gasteiger partial charge in [0, 0.05) is 20.3 Å². The van der Waals surface area contributed by atoms with E-state index in [1.165, 1.54) is 12.8 Å². The van der Waals surface area contributed by atoms with E-state index in [2.05, 4.69) is 15.6 Å². The smallest absolute Gasteiger partial charge is 0.124 e. The molecule has 3 rings (SSSR count). The van der Waals surface area contributed by atoms with E-state index < -0.39 is 0 Å². The number of hydrogen-bond acceptors (Lipinski definition) is 2. The first-order valence-corrected chi connectivity index (χ1v) is 7.79. The molecule has 108 valence electrons. The summed E-state index contributed by atoms with van der Waals surface area (Å²) in [6.07, 6.45) is 3.59. The summed E-state index contributed by atoms with van der Waals surface area (Å²) < 4.78 is 7.46. The molecule has 1 aliphatic carbocycles. The topological polar surface area (TPSA) is 27.1 Å². The molecule has 5 heteroatoms. The van der Waals surface area contributed by atoms with Crippen LogP contribution in [0, 0.1) is 5.41 Å². The molecule has 2 aromatic rings. The largest absolute Gasteiger partial charge is 0.385 e. The van der Waals surface area contributed by atoms with E-state index in [1.54, 1.807) is 7.11 Å². The number of hydrogen-bond donors (Lipinski definition) is 0. The van der Waals surface area contributed by atoms with Gasteiger partial charge in [0.25, 0.3) is 0 Å². The van der Waals surface area contributed by atoms with Crippen LogP contribution < -0.4 is 0 Å². The first-order valence-electron chi connectivity index (χ1n) is 6.88. The number of para-hydroxylation sites is 1. The fourth-order valence-electron chi connectivity index (χ4n) is 2.76. The SMILES string of the molecule is COCCC1(Cn2c(CCl)nc3c(Cl)cccc32)CC1. The number of benzene rings is 1. The van der Waals surface area contributed by atoms with Gasteiger partial charge in [-0.25, -0.2) is 4.98 Å². The van der Waals surface area contributed by atoms with Gasteiger partial charge in [-0.3, -0.25) is 0 Å². The molecule has 0 bridgehead atoms. The highest BCUT2D eigenvalue weighted by Crippen LogP contribution is 2.50. The van der Waals surface area contributed by atoms with E-state index >= 15 is 0 Å². The van der Waals surface area contributed by atoms with Crippen LogP contribution in [0.15, 0.2) is 18.2 Å².